The molecule has 0 nitrogen and oxygen atoms in total. The van der Waals surface area contributed by atoms with Crippen molar-refractivity contribution < 1.29 is 8.78 Å². The van der Waals surface area contributed by atoms with E-state index in [1.807, 2.05) is 24.3 Å². The van der Waals surface area contributed by atoms with Crippen molar-refractivity contribution in [2.45, 2.75) is 61.6 Å². The van der Waals surface area contributed by atoms with E-state index in [4.69, 9.17) is 23.2 Å². The number of rotatable bonds is 12. The van der Waals surface area contributed by atoms with Crippen molar-refractivity contribution in [3.05, 3.63) is 71.9 Å². The average molecular weight is 459 g/mol. The van der Waals surface area contributed by atoms with Crippen LogP contribution in [0.1, 0.15) is 51.4 Å². The number of hydrogen-bond donors (Lipinski definition) is 0. The van der Waals surface area contributed by atoms with Gasteiger partial charge in [-0.2, -0.15) is 11.8 Å². The zero-order chi connectivity index (χ0) is 21.3. The monoisotopic (exact) mass is 458 g/mol. The molecule has 0 saturated carbocycles. The summed E-state index contributed by atoms with van der Waals surface area (Å²) in [5, 5.41) is -3.64. The molecule has 0 spiro atoms. The minimum atomic E-state index is -1.82. The van der Waals surface area contributed by atoms with E-state index in [0.29, 0.717) is 11.5 Å². The maximum Gasteiger partial charge on any atom is 0.206 e. The molecule has 2 aliphatic rings. The molecule has 5 heteroatoms. The molecule has 0 aromatic carbocycles. The highest BCUT2D eigenvalue weighted by molar-refractivity contribution is 7.99. The normalized spacial score (nSPS) is 26.9. The summed E-state index contributed by atoms with van der Waals surface area (Å²) in [5.41, 5.74) is 4.19. The van der Waals surface area contributed by atoms with E-state index < -0.39 is 10.3 Å². The van der Waals surface area contributed by atoms with Crippen LogP contribution in [-0.2, 0) is 0 Å². The highest BCUT2D eigenvalue weighted by Crippen LogP contribution is 2.38. The first-order valence-electron chi connectivity index (χ1n) is 10.1. The van der Waals surface area contributed by atoms with Gasteiger partial charge in [-0.05, 0) is 73.0 Å². The number of unbranched alkanes of at least 4 members (excludes halogenated alkanes) is 2. The number of allylic oxidation sites excluding steroid dienone is 8. The smallest absolute Gasteiger partial charge is 0.206 e. The Morgan fingerprint density at radius 2 is 1.24 bits per heavy atom. The van der Waals surface area contributed by atoms with E-state index in [1.165, 1.54) is 0 Å². The molecule has 0 aromatic rings. The second-order valence-electron chi connectivity index (χ2n) is 7.58. The highest BCUT2D eigenvalue weighted by atomic mass is 35.5. The first-order chi connectivity index (χ1) is 13.8. The summed E-state index contributed by atoms with van der Waals surface area (Å²) in [7, 11) is 0. The lowest BCUT2D eigenvalue weighted by atomic mass is 9.93. The van der Waals surface area contributed by atoms with Gasteiger partial charge < -0.3 is 0 Å². The van der Waals surface area contributed by atoms with E-state index in [-0.39, 0.29) is 12.8 Å². The van der Waals surface area contributed by atoms with Gasteiger partial charge in [0.1, 0.15) is 0 Å². The molecule has 160 valence electrons. The SMILES string of the molecule is C=CCCCC1=CCC(F)(Cl)C=C1CSCC1=CC(F)(Cl)CC=C1CCCC=C. The van der Waals surface area contributed by atoms with E-state index in [0.717, 1.165) is 60.8 Å². The summed E-state index contributed by atoms with van der Waals surface area (Å²) in [4.78, 5) is 0. The second-order valence-corrected chi connectivity index (χ2v) is 9.83. The lowest BCUT2D eigenvalue weighted by molar-refractivity contribution is 0.344. The number of halogens is 4. The van der Waals surface area contributed by atoms with Crippen LogP contribution in [0.5, 0.6) is 0 Å². The van der Waals surface area contributed by atoms with Gasteiger partial charge in [-0.25, -0.2) is 8.78 Å². The zero-order valence-electron chi connectivity index (χ0n) is 16.9. The van der Waals surface area contributed by atoms with Gasteiger partial charge in [0.05, 0.1) is 0 Å². The van der Waals surface area contributed by atoms with Crippen LogP contribution in [0, 0.1) is 0 Å². The van der Waals surface area contributed by atoms with Crippen molar-refractivity contribution in [3.8, 4) is 0 Å². The molecule has 2 rings (SSSR count). The van der Waals surface area contributed by atoms with E-state index >= 15 is 0 Å². The van der Waals surface area contributed by atoms with Crippen molar-refractivity contribution in [1.29, 1.82) is 0 Å². The Balaban J connectivity index is 2.00. The summed E-state index contributed by atoms with van der Waals surface area (Å²) in [6, 6.07) is 0. The van der Waals surface area contributed by atoms with E-state index in [9.17, 15) is 8.78 Å². The maximum atomic E-state index is 14.3. The Kier molecular flexibility index (Phi) is 9.78. The van der Waals surface area contributed by atoms with Crippen LogP contribution < -0.4 is 0 Å². The first kappa shape index (κ1) is 24.5. The van der Waals surface area contributed by atoms with Gasteiger partial charge in [-0.1, -0.05) is 47.5 Å². The van der Waals surface area contributed by atoms with Gasteiger partial charge >= 0.3 is 0 Å². The third-order valence-electron chi connectivity index (χ3n) is 5.06. The highest BCUT2D eigenvalue weighted by Gasteiger charge is 2.29. The Bertz CT molecular complexity index is 654. The second kappa shape index (κ2) is 11.6. The lowest BCUT2D eigenvalue weighted by Crippen LogP contribution is -2.17. The zero-order valence-corrected chi connectivity index (χ0v) is 19.2. The van der Waals surface area contributed by atoms with Crippen LogP contribution in [0.2, 0.25) is 0 Å². The van der Waals surface area contributed by atoms with Gasteiger partial charge in [0, 0.05) is 24.3 Å². The van der Waals surface area contributed by atoms with Crippen LogP contribution >= 0.6 is 35.0 Å². The largest absolute Gasteiger partial charge is 0.221 e. The van der Waals surface area contributed by atoms with Crippen molar-refractivity contribution in [2.75, 3.05) is 11.5 Å². The molecule has 0 aliphatic heterocycles. The average Bonchev–Trinajstić information content (AvgIpc) is 2.64. The number of thioether (sulfide) groups is 1. The Morgan fingerprint density at radius 3 is 1.62 bits per heavy atom. The molecule has 0 radical (unpaired) electrons. The van der Waals surface area contributed by atoms with Crippen molar-refractivity contribution in [3.63, 3.8) is 0 Å². The summed E-state index contributed by atoms with van der Waals surface area (Å²) < 4.78 is 28.6. The Hall–Kier alpha value is -0.770. The van der Waals surface area contributed by atoms with Gasteiger partial charge in [-0.3, -0.25) is 0 Å². The third kappa shape index (κ3) is 8.47. The summed E-state index contributed by atoms with van der Waals surface area (Å²) >= 11 is 13.5. The molecule has 29 heavy (non-hydrogen) atoms. The van der Waals surface area contributed by atoms with Crippen LogP contribution in [0.3, 0.4) is 0 Å². The summed E-state index contributed by atoms with van der Waals surface area (Å²) in [6.07, 6.45) is 16.7. The quantitative estimate of drug-likeness (QED) is 0.160. The summed E-state index contributed by atoms with van der Waals surface area (Å²) in [6.45, 7) is 7.51. The standard InChI is InChI=1S/C24H30Cl2F2S/c1-3-5-7-9-19-11-13-23(25,27)15-21(19)17-29-18-22-16-24(26,28)14-12-20(22)10-8-6-4-2/h3-4,11-12,15-16H,1-2,5-10,13-14,17-18H2. The first-order valence-corrected chi connectivity index (χ1v) is 12.0. The minimum Gasteiger partial charge on any atom is -0.221 e. The van der Waals surface area contributed by atoms with E-state index in [2.05, 4.69) is 13.2 Å². The number of hydrogen-bond acceptors (Lipinski definition) is 1. The molecule has 0 heterocycles. The molecule has 0 aromatic heterocycles. The molecule has 2 unspecified atom stereocenters. The molecule has 2 atom stereocenters. The van der Waals surface area contributed by atoms with Gasteiger partial charge in [0.15, 0.2) is 0 Å². The molecule has 0 fully saturated rings. The van der Waals surface area contributed by atoms with Gasteiger partial charge in [-0.15, -0.1) is 13.2 Å². The minimum absolute atomic E-state index is 0.199. The van der Waals surface area contributed by atoms with Crippen LogP contribution in [-0.4, -0.2) is 21.8 Å². The molecular formula is C24H30Cl2F2S. The topological polar surface area (TPSA) is 0 Å². The van der Waals surface area contributed by atoms with Crippen molar-refractivity contribution in [2.24, 2.45) is 0 Å². The number of alkyl halides is 4. The third-order valence-corrected chi connectivity index (χ3v) is 6.62. The van der Waals surface area contributed by atoms with Crippen molar-refractivity contribution in [1.82, 2.24) is 0 Å². The lowest BCUT2D eigenvalue weighted by Gasteiger charge is -2.25. The fourth-order valence-corrected chi connectivity index (χ4v) is 5.03. The van der Waals surface area contributed by atoms with Crippen LogP contribution in [0.15, 0.2) is 71.9 Å². The van der Waals surface area contributed by atoms with E-state index in [1.54, 1.807) is 23.9 Å². The molecule has 0 saturated heterocycles. The molecule has 0 bridgehead atoms. The van der Waals surface area contributed by atoms with Gasteiger partial charge in [0.25, 0.3) is 0 Å². The van der Waals surface area contributed by atoms with Crippen LogP contribution in [0.25, 0.3) is 0 Å². The fourth-order valence-electron chi connectivity index (χ4n) is 3.53. The molecule has 0 amide bonds. The molecule has 2 aliphatic carbocycles. The predicted molar refractivity (Wildman–Crippen MR) is 126 cm³/mol. The maximum absolute atomic E-state index is 14.3. The summed E-state index contributed by atoms with van der Waals surface area (Å²) in [5.74, 6) is 1.27. The van der Waals surface area contributed by atoms with Crippen molar-refractivity contribution >= 4 is 35.0 Å². The Morgan fingerprint density at radius 1 is 0.828 bits per heavy atom. The Labute approximate surface area is 188 Å². The molecule has 0 N–H and O–H groups in total. The predicted octanol–water partition coefficient (Wildman–Crippen LogP) is 8.75. The van der Waals surface area contributed by atoms with Gasteiger partial charge in [0.2, 0.25) is 10.3 Å². The fraction of sp³-hybridized carbons (Fsp3) is 0.500. The molecular weight excluding hydrogens is 429 g/mol. The van der Waals surface area contributed by atoms with Crippen LogP contribution in [0.4, 0.5) is 8.78 Å².